The number of halogens is 1. The summed E-state index contributed by atoms with van der Waals surface area (Å²) in [5.41, 5.74) is 2.30. The predicted octanol–water partition coefficient (Wildman–Crippen LogP) is 3.71. The van der Waals surface area contributed by atoms with Crippen molar-refractivity contribution in [3.05, 3.63) is 30.1 Å². The van der Waals surface area contributed by atoms with Gasteiger partial charge < -0.3 is 9.30 Å². The van der Waals surface area contributed by atoms with Crippen LogP contribution in [-0.4, -0.2) is 22.5 Å². The Morgan fingerprint density at radius 2 is 2.00 bits per heavy atom. The minimum Gasteiger partial charge on any atom is -0.355 e. The number of fused-ring (bicyclic) bond motifs is 1. The summed E-state index contributed by atoms with van der Waals surface area (Å²) in [5, 5.41) is 0.840. The van der Waals surface area contributed by atoms with Crippen molar-refractivity contribution in [3.63, 3.8) is 0 Å². The Morgan fingerprint density at radius 3 is 2.68 bits per heavy atom. The maximum atomic E-state index is 4.83. The first-order chi connectivity index (χ1) is 9.19. The summed E-state index contributed by atoms with van der Waals surface area (Å²) in [7, 11) is 0. The number of anilines is 1. The number of pyridine rings is 1. The number of alkyl halides is 1. The Hall–Kier alpha value is -1.03. The lowest BCUT2D eigenvalue weighted by molar-refractivity contribution is 0.355. The van der Waals surface area contributed by atoms with Crippen LogP contribution >= 0.6 is 15.9 Å². The van der Waals surface area contributed by atoms with E-state index < -0.39 is 0 Å². The summed E-state index contributed by atoms with van der Waals surface area (Å²) in [6.45, 7) is 6.92. The number of imidazole rings is 1. The van der Waals surface area contributed by atoms with Gasteiger partial charge in [-0.1, -0.05) is 35.8 Å². The number of hydrogen-bond donors (Lipinski definition) is 0. The Morgan fingerprint density at radius 1 is 1.26 bits per heavy atom. The molecule has 3 rings (SSSR count). The van der Waals surface area contributed by atoms with Crippen LogP contribution in [0.2, 0.25) is 0 Å². The van der Waals surface area contributed by atoms with Crippen LogP contribution in [0.1, 0.15) is 26.0 Å². The molecular formula is C15H20BrN3. The molecule has 2 unspecified atom stereocenters. The first-order valence-electron chi connectivity index (χ1n) is 6.96. The highest BCUT2D eigenvalue weighted by Crippen LogP contribution is 2.30. The van der Waals surface area contributed by atoms with Gasteiger partial charge in [-0.2, -0.15) is 0 Å². The lowest BCUT2D eigenvalue weighted by atomic mass is 9.92. The Bertz CT molecular complexity index is 568. The van der Waals surface area contributed by atoms with E-state index in [2.05, 4.69) is 57.4 Å². The molecule has 19 heavy (non-hydrogen) atoms. The molecular weight excluding hydrogens is 302 g/mol. The molecule has 0 spiro atoms. The van der Waals surface area contributed by atoms with Gasteiger partial charge in [0.2, 0.25) is 0 Å². The molecule has 0 saturated carbocycles. The number of hydrogen-bond acceptors (Lipinski definition) is 2. The second-order valence-corrected chi connectivity index (χ2v) is 6.36. The molecule has 0 aromatic carbocycles. The highest BCUT2D eigenvalue weighted by atomic mass is 79.9. The first-order valence-corrected chi connectivity index (χ1v) is 8.08. The Labute approximate surface area is 122 Å². The molecule has 1 aliphatic heterocycles. The molecule has 0 aliphatic carbocycles. The van der Waals surface area contributed by atoms with Gasteiger partial charge in [-0.05, 0) is 30.4 Å². The fourth-order valence-corrected chi connectivity index (χ4v) is 3.77. The van der Waals surface area contributed by atoms with Crippen molar-refractivity contribution in [3.8, 4) is 0 Å². The molecule has 4 heteroatoms. The third-order valence-electron chi connectivity index (χ3n) is 3.90. The average molecular weight is 322 g/mol. The molecule has 0 bridgehead atoms. The molecule has 0 N–H and O–H groups in total. The molecule has 2 aromatic rings. The van der Waals surface area contributed by atoms with Crippen LogP contribution in [0, 0.1) is 11.8 Å². The minimum atomic E-state index is 0.747. The Kier molecular flexibility index (Phi) is 3.52. The van der Waals surface area contributed by atoms with Crippen LogP contribution < -0.4 is 4.90 Å². The van der Waals surface area contributed by atoms with Crippen molar-refractivity contribution >= 4 is 27.4 Å². The molecule has 1 aliphatic rings. The third-order valence-corrected chi connectivity index (χ3v) is 4.43. The third kappa shape index (κ3) is 2.38. The van der Waals surface area contributed by atoms with Gasteiger partial charge >= 0.3 is 0 Å². The Balaban J connectivity index is 2.04. The van der Waals surface area contributed by atoms with Crippen LogP contribution in [0.15, 0.2) is 24.4 Å². The molecule has 102 valence electrons. The molecule has 2 aromatic heterocycles. The summed E-state index contributed by atoms with van der Waals surface area (Å²) >= 11 is 3.62. The number of aromatic nitrogens is 2. The van der Waals surface area contributed by atoms with Crippen LogP contribution in [-0.2, 0) is 5.33 Å². The largest absolute Gasteiger partial charge is 0.355 e. The average Bonchev–Trinajstić information content (AvgIpc) is 2.76. The zero-order valence-electron chi connectivity index (χ0n) is 11.5. The number of piperidine rings is 1. The van der Waals surface area contributed by atoms with Gasteiger partial charge in [0, 0.05) is 24.6 Å². The van der Waals surface area contributed by atoms with Gasteiger partial charge in [-0.25, -0.2) is 4.98 Å². The lowest BCUT2D eigenvalue weighted by Gasteiger charge is -2.35. The molecule has 3 nitrogen and oxygen atoms in total. The molecule has 3 heterocycles. The van der Waals surface area contributed by atoms with Crippen molar-refractivity contribution in [2.75, 3.05) is 18.0 Å². The van der Waals surface area contributed by atoms with E-state index in [1.807, 2.05) is 6.07 Å². The van der Waals surface area contributed by atoms with Crippen molar-refractivity contribution in [2.45, 2.75) is 25.6 Å². The van der Waals surface area contributed by atoms with Gasteiger partial charge in [-0.15, -0.1) is 0 Å². The van der Waals surface area contributed by atoms with E-state index in [0.29, 0.717) is 0 Å². The van der Waals surface area contributed by atoms with Gasteiger partial charge in [0.1, 0.15) is 5.65 Å². The summed E-state index contributed by atoms with van der Waals surface area (Å²) in [5.74, 6) is 2.65. The van der Waals surface area contributed by atoms with Gasteiger partial charge in [0.05, 0.1) is 5.69 Å². The van der Waals surface area contributed by atoms with E-state index in [1.54, 1.807) is 0 Å². The predicted molar refractivity (Wildman–Crippen MR) is 83.0 cm³/mol. The van der Waals surface area contributed by atoms with Crippen molar-refractivity contribution in [1.29, 1.82) is 0 Å². The van der Waals surface area contributed by atoms with Crippen molar-refractivity contribution in [2.24, 2.45) is 11.8 Å². The van der Waals surface area contributed by atoms with E-state index in [9.17, 15) is 0 Å². The second-order valence-electron chi connectivity index (χ2n) is 5.80. The number of nitrogens with zero attached hydrogens (tertiary/aromatic N) is 3. The van der Waals surface area contributed by atoms with E-state index in [1.165, 1.54) is 12.1 Å². The first kappa shape index (κ1) is 13.0. The second kappa shape index (κ2) is 5.16. The minimum absolute atomic E-state index is 0.747. The maximum Gasteiger partial charge on any atom is 0.152 e. The van der Waals surface area contributed by atoms with Crippen LogP contribution in [0.5, 0.6) is 0 Å². The molecule has 2 atom stereocenters. The summed E-state index contributed by atoms with van der Waals surface area (Å²) in [6.07, 6.45) is 3.42. The monoisotopic (exact) mass is 321 g/mol. The molecule has 1 saturated heterocycles. The zero-order chi connectivity index (χ0) is 13.4. The van der Waals surface area contributed by atoms with Crippen LogP contribution in [0.4, 0.5) is 5.82 Å². The topological polar surface area (TPSA) is 20.5 Å². The highest BCUT2D eigenvalue weighted by molar-refractivity contribution is 9.08. The van der Waals surface area contributed by atoms with Crippen molar-refractivity contribution in [1.82, 2.24) is 9.38 Å². The summed E-state index contributed by atoms with van der Waals surface area (Å²) < 4.78 is 2.19. The fourth-order valence-electron chi connectivity index (χ4n) is 3.25. The van der Waals surface area contributed by atoms with E-state index >= 15 is 0 Å². The maximum absolute atomic E-state index is 4.83. The normalized spacial score (nSPS) is 24.1. The van der Waals surface area contributed by atoms with Crippen LogP contribution in [0.3, 0.4) is 0 Å². The van der Waals surface area contributed by atoms with E-state index in [-0.39, 0.29) is 0 Å². The molecule has 0 amide bonds. The SMILES string of the molecule is CC1CC(C)CN(c2nc3ccccn3c2CBr)C1. The quantitative estimate of drug-likeness (QED) is 0.786. The van der Waals surface area contributed by atoms with Gasteiger partial charge in [0.15, 0.2) is 5.82 Å². The lowest BCUT2D eigenvalue weighted by Crippen LogP contribution is -2.39. The smallest absolute Gasteiger partial charge is 0.152 e. The fraction of sp³-hybridized carbons (Fsp3) is 0.533. The standard InChI is InChI=1S/C15H20BrN3/c1-11-7-12(2)10-18(9-11)15-13(8-16)19-6-4-3-5-14(19)17-15/h3-6,11-12H,7-10H2,1-2H3. The summed E-state index contributed by atoms with van der Waals surface area (Å²) in [6, 6.07) is 6.18. The summed E-state index contributed by atoms with van der Waals surface area (Å²) in [4.78, 5) is 7.30. The van der Waals surface area contributed by atoms with Crippen LogP contribution in [0.25, 0.3) is 5.65 Å². The molecule has 1 fully saturated rings. The highest BCUT2D eigenvalue weighted by Gasteiger charge is 2.25. The van der Waals surface area contributed by atoms with E-state index in [0.717, 1.165) is 41.7 Å². The zero-order valence-corrected chi connectivity index (χ0v) is 13.1. The number of rotatable bonds is 2. The van der Waals surface area contributed by atoms with Gasteiger partial charge in [0.25, 0.3) is 0 Å². The van der Waals surface area contributed by atoms with Gasteiger partial charge in [-0.3, -0.25) is 0 Å². The molecule has 0 radical (unpaired) electrons. The van der Waals surface area contributed by atoms with E-state index in [4.69, 9.17) is 4.98 Å². The van der Waals surface area contributed by atoms with Crippen molar-refractivity contribution < 1.29 is 0 Å².